The van der Waals surface area contributed by atoms with Crippen molar-refractivity contribution in [2.75, 3.05) is 0 Å². The van der Waals surface area contributed by atoms with Gasteiger partial charge in [-0.3, -0.25) is 0 Å². The lowest BCUT2D eigenvalue weighted by Gasteiger charge is -2.15. The van der Waals surface area contributed by atoms with Crippen LogP contribution < -0.4 is 5.73 Å². The minimum atomic E-state index is 0.207. The zero-order chi connectivity index (χ0) is 13.9. The van der Waals surface area contributed by atoms with Gasteiger partial charge in [0.15, 0.2) is 0 Å². The highest BCUT2D eigenvalue weighted by atomic mass is 14.6. The number of aryl methyl sites for hydroxylation is 1. The molecule has 2 atom stereocenters. The molecule has 3 rings (SSSR count). The van der Waals surface area contributed by atoms with Crippen LogP contribution in [0.4, 0.5) is 0 Å². The van der Waals surface area contributed by atoms with Gasteiger partial charge in [0, 0.05) is 6.04 Å². The highest BCUT2D eigenvalue weighted by Gasteiger charge is 2.19. The summed E-state index contributed by atoms with van der Waals surface area (Å²) in [7, 11) is 0. The van der Waals surface area contributed by atoms with Crippen LogP contribution >= 0.6 is 0 Å². The molecule has 0 saturated heterocycles. The number of fused-ring (bicyclic) bond motifs is 1. The maximum Gasteiger partial charge on any atom is 0.0300 e. The smallest absolute Gasteiger partial charge is 0.0300 e. The van der Waals surface area contributed by atoms with Gasteiger partial charge in [-0.25, -0.2) is 0 Å². The number of nitrogens with two attached hydrogens (primary N) is 1. The maximum atomic E-state index is 6.40. The highest BCUT2D eigenvalue weighted by Crippen LogP contribution is 2.31. The van der Waals surface area contributed by atoms with Crippen LogP contribution in [0, 0.1) is 5.92 Å². The fourth-order valence-corrected chi connectivity index (χ4v) is 3.24. The van der Waals surface area contributed by atoms with E-state index in [1.54, 1.807) is 0 Å². The Balaban J connectivity index is 1.87. The van der Waals surface area contributed by atoms with Gasteiger partial charge in [-0.1, -0.05) is 55.5 Å². The molecule has 0 saturated carbocycles. The molecule has 0 spiro atoms. The molecule has 0 heterocycles. The van der Waals surface area contributed by atoms with Gasteiger partial charge in [0.05, 0.1) is 0 Å². The predicted octanol–water partition coefficient (Wildman–Crippen LogP) is 4.25. The molecule has 1 aliphatic carbocycles. The van der Waals surface area contributed by atoms with E-state index in [4.69, 9.17) is 5.73 Å². The Labute approximate surface area is 121 Å². The molecule has 0 bridgehead atoms. The van der Waals surface area contributed by atoms with Crippen molar-refractivity contribution < 1.29 is 0 Å². The van der Waals surface area contributed by atoms with Gasteiger partial charge in [0.1, 0.15) is 0 Å². The summed E-state index contributed by atoms with van der Waals surface area (Å²) in [5.74, 6) is 0.731. The van der Waals surface area contributed by atoms with Gasteiger partial charge in [-0.15, -0.1) is 0 Å². The Hall–Kier alpha value is -1.60. The summed E-state index contributed by atoms with van der Waals surface area (Å²) in [5, 5.41) is 0. The number of hydrogen-bond donors (Lipinski definition) is 1. The third kappa shape index (κ3) is 2.94. The van der Waals surface area contributed by atoms with E-state index in [2.05, 4.69) is 55.5 Å². The summed E-state index contributed by atoms with van der Waals surface area (Å²) in [4.78, 5) is 0. The third-order valence-corrected chi connectivity index (χ3v) is 4.42. The molecule has 1 heteroatoms. The van der Waals surface area contributed by atoms with Crippen molar-refractivity contribution in [3.8, 4) is 0 Å². The van der Waals surface area contributed by atoms with Crippen molar-refractivity contribution in [2.45, 2.75) is 38.6 Å². The van der Waals surface area contributed by atoms with Crippen LogP contribution in [0.25, 0.3) is 0 Å². The number of benzene rings is 2. The van der Waals surface area contributed by atoms with Gasteiger partial charge >= 0.3 is 0 Å². The van der Waals surface area contributed by atoms with Gasteiger partial charge in [-0.2, -0.15) is 0 Å². The van der Waals surface area contributed by atoms with E-state index in [1.807, 2.05) is 0 Å². The predicted molar refractivity (Wildman–Crippen MR) is 84.7 cm³/mol. The van der Waals surface area contributed by atoms with Crippen molar-refractivity contribution in [1.29, 1.82) is 0 Å². The van der Waals surface area contributed by atoms with Crippen LogP contribution in [0.2, 0.25) is 0 Å². The number of rotatable bonds is 2. The Morgan fingerprint density at radius 3 is 2.65 bits per heavy atom. The molecule has 2 unspecified atom stereocenters. The zero-order valence-electron chi connectivity index (χ0n) is 12.2. The molecule has 1 aliphatic rings. The van der Waals surface area contributed by atoms with Crippen molar-refractivity contribution in [3.05, 3.63) is 70.8 Å². The zero-order valence-corrected chi connectivity index (χ0v) is 12.2. The molecule has 0 amide bonds. The first kappa shape index (κ1) is 13.4. The standard InChI is InChI=1S/C19H23N/c1-14-7-9-17-10-8-16(13-18(17)19(20)11-14)12-15-5-3-2-4-6-15/h2-6,8,10,13-14,19H,7,9,11-12,20H2,1H3. The molecule has 0 aliphatic heterocycles. The van der Waals surface area contributed by atoms with Crippen molar-refractivity contribution >= 4 is 0 Å². The molecule has 2 N–H and O–H groups in total. The first-order valence-corrected chi connectivity index (χ1v) is 7.63. The fraction of sp³-hybridized carbons (Fsp3) is 0.368. The van der Waals surface area contributed by atoms with Crippen molar-refractivity contribution in [1.82, 2.24) is 0 Å². The molecule has 0 radical (unpaired) electrons. The fourth-order valence-electron chi connectivity index (χ4n) is 3.24. The van der Waals surface area contributed by atoms with Crippen LogP contribution in [-0.2, 0) is 12.8 Å². The van der Waals surface area contributed by atoms with E-state index in [1.165, 1.54) is 35.1 Å². The first-order chi connectivity index (χ1) is 9.72. The monoisotopic (exact) mass is 265 g/mol. The quantitative estimate of drug-likeness (QED) is 0.807. The Bertz CT molecular complexity index is 574. The average Bonchev–Trinajstić information content (AvgIpc) is 2.59. The van der Waals surface area contributed by atoms with Crippen LogP contribution in [0.3, 0.4) is 0 Å². The lowest BCUT2D eigenvalue weighted by atomic mass is 9.94. The summed E-state index contributed by atoms with van der Waals surface area (Å²) in [6, 6.07) is 17.8. The third-order valence-electron chi connectivity index (χ3n) is 4.42. The average molecular weight is 265 g/mol. The summed E-state index contributed by atoms with van der Waals surface area (Å²) in [6.07, 6.45) is 4.55. The molecular formula is C19H23N. The van der Waals surface area contributed by atoms with E-state index in [9.17, 15) is 0 Å². The summed E-state index contributed by atoms with van der Waals surface area (Å²) >= 11 is 0. The normalized spacial score (nSPS) is 22.1. The highest BCUT2D eigenvalue weighted by molar-refractivity contribution is 5.37. The molecule has 1 nitrogen and oxygen atoms in total. The van der Waals surface area contributed by atoms with Gasteiger partial charge in [0.25, 0.3) is 0 Å². The van der Waals surface area contributed by atoms with Gasteiger partial charge < -0.3 is 5.73 Å². The summed E-state index contributed by atoms with van der Waals surface area (Å²) in [5.41, 5.74) is 12.0. The topological polar surface area (TPSA) is 26.0 Å². The second-order valence-corrected chi connectivity index (χ2v) is 6.18. The summed E-state index contributed by atoms with van der Waals surface area (Å²) < 4.78 is 0. The lowest BCUT2D eigenvalue weighted by molar-refractivity contribution is 0.464. The van der Waals surface area contributed by atoms with Crippen LogP contribution in [0.5, 0.6) is 0 Å². The minimum absolute atomic E-state index is 0.207. The van der Waals surface area contributed by atoms with E-state index in [0.717, 1.165) is 18.8 Å². The van der Waals surface area contributed by atoms with Gasteiger partial charge in [-0.05, 0) is 53.9 Å². The summed E-state index contributed by atoms with van der Waals surface area (Å²) in [6.45, 7) is 2.32. The molecule has 0 fully saturated rings. The van der Waals surface area contributed by atoms with E-state index in [0.29, 0.717) is 0 Å². The molecule has 20 heavy (non-hydrogen) atoms. The second-order valence-electron chi connectivity index (χ2n) is 6.18. The van der Waals surface area contributed by atoms with E-state index >= 15 is 0 Å². The molecule has 2 aromatic carbocycles. The molecule has 104 valence electrons. The second kappa shape index (κ2) is 5.80. The minimum Gasteiger partial charge on any atom is -0.324 e. The maximum absolute atomic E-state index is 6.40. The van der Waals surface area contributed by atoms with E-state index < -0.39 is 0 Å². The van der Waals surface area contributed by atoms with Crippen LogP contribution in [0.15, 0.2) is 48.5 Å². The van der Waals surface area contributed by atoms with Crippen molar-refractivity contribution in [3.63, 3.8) is 0 Å². The number of hydrogen-bond acceptors (Lipinski definition) is 1. The lowest BCUT2D eigenvalue weighted by Crippen LogP contribution is -2.13. The van der Waals surface area contributed by atoms with Gasteiger partial charge in [0.2, 0.25) is 0 Å². The van der Waals surface area contributed by atoms with E-state index in [-0.39, 0.29) is 6.04 Å². The Kier molecular flexibility index (Phi) is 3.88. The van der Waals surface area contributed by atoms with Crippen molar-refractivity contribution in [2.24, 2.45) is 11.7 Å². The Morgan fingerprint density at radius 2 is 1.85 bits per heavy atom. The van der Waals surface area contributed by atoms with Crippen LogP contribution in [0.1, 0.15) is 48.1 Å². The SMILES string of the molecule is CC1CCc2ccc(Cc3ccccc3)cc2C(N)C1. The first-order valence-electron chi connectivity index (χ1n) is 7.63. The largest absolute Gasteiger partial charge is 0.324 e. The molecule has 0 aromatic heterocycles. The van der Waals surface area contributed by atoms with Crippen LogP contribution in [-0.4, -0.2) is 0 Å². The molecule has 2 aromatic rings. The Morgan fingerprint density at radius 1 is 1.05 bits per heavy atom. The molecular weight excluding hydrogens is 242 g/mol.